The third-order valence-electron chi connectivity index (χ3n) is 7.73. The molecule has 4 fully saturated rings. The molecule has 2 saturated heterocycles. The number of piperidine rings is 1. The lowest BCUT2D eigenvalue weighted by atomic mass is 9.74. The molecule has 29 heavy (non-hydrogen) atoms. The summed E-state index contributed by atoms with van der Waals surface area (Å²) in [5, 5.41) is 3.18. The van der Waals surface area contributed by atoms with Crippen LogP contribution in [0.3, 0.4) is 0 Å². The molecule has 1 N–H and O–H groups in total. The number of nitrogens with one attached hydrogen (secondary N) is 1. The van der Waals surface area contributed by atoms with Crippen molar-refractivity contribution in [3.8, 4) is 0 Å². The molecule has 0 aromatic rings. The fraction of sp³-hybridized carbons (Fsp3) is 0.864. The number of esters is 1. The van der Waals surface area contributed by atoms with Gasteiger partial charge in [0.25, 0.3) is 0 Å². The Kier molecular flexibility index (Phi) is 5.62. The molecule has 2 saturated carbocycles. The molecule has 4 rings (SSSR count). The fourth-order valence-electron chi connectivity index (χ4n) is 5.49. The van der Waals surface area contributed by atoms with Gasteiger partial charge in [-0.3, -0.25) is 14.4 Å². The molecule has 7 nitrogen and oxygen atoms in total. The molecular formula is C22H35N3O4. The van der Waals surface area contributed by atoms with Crippen LogP contribution in [0.15, 0.2) is 0 Å². The molecule has 0 bridgehead atoms. The largest absolute Gasteiger partial charge is 0.465 e. The minimum atomic E-state index is -0.951. The Morgan fingerprint density at radius 2 is 1.76 bits per heavy atom. The van der Waals surface area contributed by atoms with Crippen LogP contribution < -0.4 is 5.32 Å². The monoisotopic (exact) mass is 405 g/mol. The maximum absolute atomic E-state index is 12.8. The van der Waals surface area contributed by atoms with E-state index in [-0.39, 0.29) is 29.2 Å². The molecule has 2 aliphatic heterocycles. The number of likely N-dealkylation sites (tertiary alicyclic amines) is 2. The minimum absolute atomic E-state index is 0.00282. The highest BCUT2D eigenvalue weighted by atomic mass is 16.5. The van der Waals surface area contributed by atoms with E-state index in [1.807, 2.05) is 4.90 Å². The summed E-state index contributed by atoms with van der Waals surface area (Å²) in [7, 11) is 2.14. The van der Waals surface area contributed by atoms with Gasteiger partial charge in [0.15, 0.2) is 0 Å². The molecular weight excluding hydrogens is 370 g/mol. The second-order valence-corrected chi connectivity index (χ2v) is 9.78. The van der Waals surface area contributed by atoms with Crippen LogP contribution in [0.1, 0.15) is 58.3 Å². The van der Waals surface area contributed by atoms with Gasteiger partial charge in [-0.1, -0.05) is 6.42 Å². The van der Waals surface area contributed by atoms with E-state index < -0.39 is 5.41 Å². The van der Waals surface area contributed by atoms with Gasteiger partial charge in [0.05, 0.1) is 6.61 Å². The van der Waals surface area contributed by atoms with E-state index >= 15 is 0 Å². The van der Waals surface area contributed by atoms with Gasteiger partial charge in [0.2, 0.25) is 11.8 Å². The zero-order chi connectivity index (χ0) is 20.6. The van der Waals surface area contributed by atoms with Crippen molar-refractivity contribution in [2.45, 2.75) is 64.3 Å². The van der Waals surface area contributed by atoms with Crippen molar-refractivity contribution in [3.63, 3.8) is 0 Å². The lowest BCUT2D eigenvalue weighted by molar-refractivity contribution is -0.155. The average Bonchev–Trinajstić information content (AvgIpc) is 3.38. The molecule has 2 amide bonds. The van der Waals surface area contributed by atoms with Crippen molar-refractivity contribution >= 4 is 17.8 Å². The molecule has 7 heteroatoms. The van der Waals surface area contributed by atoms with Crippen LogP contribution in [-0.2, 0) is 19.1 Å². The molecule has 0 aromatic heterocycles. The highest BCUT2D eigenvalue weighted by molar-refractivity contribution is 6.05. The smallest absolute Gasteiger partial charge is 0.321 e. The van der Waals surface area contributed by atoms with Crippen molar-refractivity contribution in [2.75, 3.05) is 39.8 Å². The predicted octanol–water partition coefficient (Wildman–Crippen LogP) is 1.56. The first-order valence-corrected chi connectivity index (χ1v) is 11.3. The van der Waals surface area contributed by atoms with Gasteiger partial charge in [-0.15, -0.1) is 0 Å². The lowest BCUT2D eigenvalue weighted by Gasteiger charge is -2.52. The van der Waals surface area contributed by atoms with Gasteiger partial charge in [-0.2, -0.15) is 0 Å². The maximum atomic E-state index is 12.8. The Balaban J connectivity index is 1.29. The van der Waals surface area contributed by atoms with Crippen LogP contribution in [0.4, 0.5) is 0 Å². The van der Waals surface area contributed by atoms with Gasteiger partial charge >= 0.3 is 5.97 Å². The van der Waals surface area contributed by atoms with Crippen LogP contribution in [0.25, 0.3) is 0 Å². The maximum Gasteiger partial charge on any atom is 0.321 e. The first kappa shape index (κ1) is 20.6. The van der Waals surface area contributed by atoms with Crippen LogP contribution in [-0.4, -0.2) is 73.5 Å². The summed E-state index contributed by atoms with van der Waals surface area (Å²) in [5.74, 6) is 0.229. The van der Waals surface area contributed by atoms with Crippen molar-refractivity contribution in [2.24, 2.45) is 16.7 Å². The second kappa shape index (κ2) is 7.89. The van der Waals surface area contributed by atoms with Crippen LogP contribution in [0.2, 0.25) is 0 Å². The molecule has 4 aliphatic rings. The highest BCUT2D eigenvalue weighted by Gasteiger charge is 2.60. The highest BCUT2D eigenvalue weighted by Crippen LogP contribution is 2.50. The topological polar surface area (TPSA) is 79.0 Å². The third-order valence-corrected chi connectivity index (χ3v) is 7.73. The van der Waals surface area contributed by atoms with Crippen LogP contribution >= 0.6 is 0 Å². The summed E-state index contributed by atoms with van der Waals surface area (Å²) in [4.78, 5) is 42.1. The number of rotatable bonds is 6. The van der Waals surface area contributed by atoms with Gasteiger partial charge in [-0.25, -0.2) is 0 Å². The average molecular weight is 406 g/mol. The van der Waals surface area contributed by atoms with Gasteiger partial charge in [-0.05, 0) is 71.5 Å². The normalized spacial score (nSPS) is 28.1. The van der Waals surface area contributed by atoms with E-state index in [0.29, 0.717) is 31.8 Å². The lowest BCUT2D eigenvalue weighted by Crippen LogP contribution is -2.65. The van der Waals surface area contributed by atoms with E-state index in [9.17, 15) is 14.4 Å². The molecule has 2 aliphatic carbocycles. The number of carbonyl (C=O) groups is 3. The summed E-state index contributed by atoms with van der Waals surface area (Å²) in [5.41, 5.74) is -0.948. The van der Waals surface area contributed by atoms with E-state index in [2.05, 4.69) is 17.3 Å². The summed E-state index contributed by atoms with van der Waals surface area (Å²) in [6.07, 6.45) is 7.08. The molecule has 1 spiro atoms. The molecule has 1 unspecified atom stereocenters. The first-order chi connectivity index (χ1) is 13.9. The molecule has 0 aromatic carbocycles. The van der Waals surface area contributed by atoms with Gasteiger partial charge in [0.1, 0.15) is 5.41 Å². The van der Waals surface area contributed by atoms with Crippen molar-refractivity contribution < 1.29 is 19.1 Å². The van der Waals surface area contributed by atoms with Crippen LogP contribution in [0.5, 0.6) is 0 Å². The Morgan fingerprint density at radius 1 is 1.07 bits per heavy atom. The van der Waals surface area contributed by atoms with Crippen LogP contribution in [0, 0.1) is 16.7 Å². The number of amides is 2. The summed E-state index contributed by atoms with van der Waals surface area (Å²) in [6.45, 7) is 5.72. The number of hydrogen-bond acceptors (Lipinski definition) is 5. The van der Waals surface area contributed by atoms with E-state index in [1.54, 1.807) is 6.92 Å². The van der Waals surface area contributed by atoms with Crippen molar-refractivity contribution in [1.29, 1.82) is 0 Å². The van der Waals surface area contributed by atoms with E-state index in [0.717, 1.165) is 58.3 Å². The Labute approximate surface area is 173 Å². The van der Waals surface area contributed by atoms with Crippen molar-refractivity contribution in [3.05, 3.63) is 0 Å². The van der Waals surface area contributed by atoms with Gasteiger partial charge < -0.3 is 19.9 Å². The number of hydrogen-bond donors (Lipinski definition) is 1. The quantitative estimate of drug-likeness (QED) is 0.536. The Morgan fingerprint density at radius 3 is 2.38 bits per heavy atom. The Bertz CT molecular complexity index is 661. The summed E-state index contributed by atoms with van der Waals surface area (Å²) < 4.78 is 5.12. The summed E-state index contributed by atoms with van der Waals surface area (Å²) in [6, 6.07) is 0.0641. The molecule has 0 radical (unpaired) electrons. The molecule has 1 atom stereocenters. The first-order valence-electron chi connectivity index (χ1n) is 11.3. The standard InChI is InChI=1S/C22H35N3O4/c1-3-29-20(28)22(9-10-22)19(27)23-17-5-4-8-21(17)14-25(15-21)18(26)13-16-6-11-24(2)12-7-16/h16-17H,3-15H2,1-2H3,(H,23,27). The zero-order valence-electron chi connectivity index (χ0n) is 17.9. The zero-order valence-corrected chi connectivity index (χ0v) is 17.9. The van der Waals surface area contributed by atoms with Gasteiger partial charge in [0, 0.05) is 31.0 Å². The SMILES string of the molecule is CCOC(=O)C1(C(=O)NC2CCCC23CN(C(=O)CC2CCN(C)CC2)C3)CC1. The molecule has 2 heterocycles. The van der Waals surface area contributed by atoms with E-state index in [4.69, 9.17) is 4.74 Å². The third kappa shape index (κ3) is 3.90. The number of nitrogens with zero attached hydrogens (tertiary/aromatic N) is 2. The number of ether oxygens (including phenoxy) is 1. The summed E-state index contributed by atoms with van der Waals surface area (Å²) >= 11 is 0. The number of carbonyl (C=O) groups excluding carboxylic acids is 3. The molecule has 162 valence electrons. The second-order valence-electron chi connectivity index (χ2n) is 9.78. The van der Waals surface area contributed by atoms with E-state index in [1.165, 1.54) is 0 Å². The van der Waals surface area contributed by atoms with Crippen molar-refractivity contribution in [1.82, 2.24) is 15.1 Å². The predicted molar refractivity (Wildman–Crippen MR) is 108 cm³/mol. The minimum Gasteiger partial charge on any atom is -0.465 e. The Hall–Kier alpha value is -1.63. The fourth-order valence-corrected chi connectivity index (χ4v) is 5.49.